The molecule has 0 unspecified atom stereocenters. The third-order valence-corrected chi connectivity index (χ3v) is 12.4. The van der Waals surface area contributed by atoms with Crippen molar-refractivity contribution in [3.8, 4) is 0 Å². The Morgan fingerprint density at radius 3 is 1.52 bits per heavy atom. The number of esters is 1. The highest BCUT2D eigenvalue weighted by atomic mass is 28.4. The quantitative estimate of drug-likeness (QED) is 0.244. The molecule has 0 fully saturated rings. The summed E-state index contributed by atoms with van der Waals surface area (Å²) in [6.45, 7) is 7.68. The molecule has 0 aliphatic carbocycles. The molecule has 0 aliphatic heterocycles. The zero-order valence-corrected chi connectivity index (χ0v) is 18.9. The lowest BCUT2D eigenvalue weighted by Crippen LogP contribution is -2.73. The average Bonchev–Trinajstić information content (AvgIpc) is 2.77. The van der Waals surface area contributed by atoms with Gasteiger partial charge in [-0.15, -0.1) is 0 Å². The van der Waals surface area contributed by atoms with Crippen molar-refractivity contribution >= 4 is 38.2 Å². The SMILES string of the molecule is C=CC(=O)OC[Si](C)(C)O[Si](c1ccccc1)(c1ccccc1)c1ccccc1. The first-order chi connectivity index (χ1) is 14.0. The lowest BCUT2D eigenvalue weighted by molar-refractivity contribution is -0.136. The van der Waals surface area contributed by atoms with E-state index < -0.39 is 22.6 Å². The number of carbonyl (C=O) groups is 1. The molecule has 3 nitrogen and oxygen atoms in total. The summed E-state index contributed by atoms with van der Waals surface area (Å²) in [7, 11) is -5.19. The molecule has 0 saturated heterocycles. The lowest BCUT2D eigenvalue weighted by atomic mass is 10.3. The third-order valence-electron chi connectivity index (χ3n) is 4.70. The Hall–Kier alpha value is -2.74. The number of benzene rings is 3. The van der Waals surface area contributed by atoms with Gasteiger partial charge in [0, 0.05) is 6.08 Å². The maximum absolute atomic E-state index is 11.7. The van der Waals surface area contributed by atoms with Crippen LogP contribution in [0.15, 0.2) is 104 Å². The van der Waals surface area contributed by atoms with Crippen molar-refractivity contribution in [2.75, 3.05) is 6.23 Å². The molecule has 3 aromatic rings. The molecule has 0 radical (unpaired) electrons. The molecule has 0 N–H and O–H groups in total. The van der Waals surface area contributed by atoms with Crippen LogP contribution in [0.1, 0.15) is 0 Å². The summed E-state index contributed by atoms with van der Waals surface area (Å²) in [5.74, 6) is -0.416. The van der Waals surface area contributed by atoms with Gasteiger partial charge >= 0.3 is 5.97 Å². The van der Waals surface area contributed by atoms with Crippen LogP contribution in [0.25, 0.3) is 0 Å². The van der Waals surface area contributed by atoms with Crippen LogP contribution in [-0.2, 0) is 13.6 Å². The largest absolute Gasteiger partial charge is 0.463 e. The van der Waals surface area contributed by atoms with Crippen molar-refractivity contribution < 1.29 is 13.6 Å². The number of ether oxygens (including phenoxy) is 1. The summed E-state index contributed by atoms with van der Waals surface area (Å²) >= 11 is 0. The van der Waals surface area contributed by atoms with Gasteiger partial charge in [0.2, 0.25) is 8.32 Å². The molecule has 0 aliphatic rings. The van der Waals surface area contributed by atoms with Crippen LogP contribution in [0, 0.1) is 0 Å². The molecule has 0 saturated carbocycles. The maximum atomic E-state index is 11.7. The van der Waals surface area contributed by atoms with Crippen LogP contribution in [0.3, 0.4) is 0 Å². The number of hydrogen-bond acceptors (Lipinski definition) is 3. The standard InChI is InChI=1S/C24H26O3Si2/c1-4-24(25)26-20-28(2,3)27-29(21-14-8-5-9-15-21,22-16-10-6-11-17-22)23-18-12-7-13-19-23/h4-19H,1,20H2,2-3H3. The number of hydrogen-bond donors (Lipinski definition) is 0. The summed E-state index contributed by atoms with van der Waals surface area (Å²) in [5, 5.41) is 3.52. The monoisotopic (exact) mass is 418 g/mol. The van der Waals surface area contributed by atoms with Crippen LogP contribution < -0.4 is 15.6 Å². The van der Waals surface area contributed by atoms with Gasteiger partial charge in [-0.3, -0.25) is 0 Å². The molecule has 3 rings (SSSR count). The molecule has 0 aromatic heterocycles. The summed E-state index contributed by atoms with van der Waals surface area (Å²) in [4.78, 5) is 11.7. The Morgan fingerprint density at radius 2 is 1.17 bits per heavy atom. The van der Waals surface area contributed by atoms with Crippen LogP contribution in [0.5, 0.6) is 0 Å². The van der Waals surface area contributed by atoms with Crippen molar-refractivity contribution in [3.05, 3.63) is 104 Å². The minimum Gasteiger partial charge on any atom is -0.463 e. The van der Waals surface area contributed by atoms with Crippen molar-refractivity contribution in [2.45, 2.75) is 13.1 Å². The zero-order chi connectivity index (χ0) is 20.7. The van der Waals surface area contributed by atoms with E-state index in [1.54, 1.807) is 0 Å². The predicted octanol–water partition coefficient (Wildman–Crippen LogP) is 3.14. The highest BCUT2D eigenvalue weighted by Crippen LogP contribution is 2.17. The minimum absolute atomic E-state index is 0.277. The molecule has 0 atom stereocenters. The Morgan fingerprint density at radius 1 is 0.793 bits per heavy atom. The molecule has 29 heavy (non-hydrogen) atoms. The van der Waals surface area contributed by atoms with E-state index in [0.29, 0.717) is 0 Å². The van der Waals surface area contributed by atoms with E-state index in [0.717, 1.165) is 0 Å². The highest BCUT2D eigenvalue weighted by molar-refractivity contribution is 7.10. The second-order valence-electron chi connectivity index (χ2n) is 7.45. The Kier molecular flexibility index (Phi) is 6.64. The van der Waals surface area contributed by atoms with Gasteiger partial charge < -0.3 is 8.85 Å². The second kappa shape index (κ2) is 9.17. The van der Waals surface area contributed by atoms with Crippen molar-refractivity contribution in [3.63, 3.8) is 0 Å². The smallest absolute Gasteiger partial charge is 0.329 e. The molecular formula is C24H26O3Si2. The topological polar surface area (TPSA) is 35.5 Å². The first kappa shape index (κ1) is 21.0. The van der Waals surface area contributed by atoms with Gasteiger partial charge in [-0.05, 0) is 28.7 Å². The maximum Gasteiger partial charge on any atom is 0.329 e. The fourth-order valence-corrected chi connectivity index (χ4v) is 11.9. The van der Waals surface area contributed by atoms with Gasteiger partial charge in [-0.2, -0.15) is 0 Å². The fourth-order valence-electron chi connectivity index (χ4n) is 3.44. The van der Waals surface area contributed by atoms with Gasteiger partial charge in [-0.1, -0.05) is 97.6 Å². The molecule has 0 bridgehead atoms. The first-order valence-corrected chi connectivity index (χ1v) is 14.7. The third kappa shape index (κ3) is 4.82. The fraction of sp³-hybridized carbons (Fsp3) is 0.125. The highest BCUT2D eigenvalue weighted by Gasteiger charge is 2.46. The van der Waals surface area contributed by atoms with E-state index in [1.165, 1.54) is 21.6 Å². The molecule has 0 amide bonds. The molecule has 5 heteroatoms. The molecule has 148 valence electrons. The van der Waals surface area contributed by atoms with E-state index in [9.17, 15) is 4.79 Å². The van der Waals surface area contributed by atoms with Gasteiger partial charge in [0.15, 0.2) is 0 Å². The van der Waals surface area contributed by atoms with E-state index in [1.807, 2.05) is 18.2 Å². The van der Waals surface area contributed by atoms with E-state index in [4.69, 9.17) is 8.85 Å². The summed E-state index contributed by atoms with van der Waals surface area (Å²) < 4.78 is 12.6. The van der Waals surface area contributed by atoms with Crippen molar-refractivity contribution in [2.24, 2.45) is 0 Å². The van der Waals surface area contributed by atoms with Crippen molar-refractivity contribution in [1.82, 2.24) is 0 Å². The Labute approximate surface area is 174 Å². The first-order valence-electron chi connectivity index (χ1n) is 9.64. The van der Waals surface area contributed by atoms with E-state index >= 15 is 0 Å². The van der Waals surface area contributed by atoms with Crippen LogP contribution in [-0.4, -0.2) is 28.8 Å². The van der Waals surface area contributed by atoms with Crippen LogP contribution in [0.2, 0.25) is 13.1 Å². The summed E-state index contributed by atoms with van der Waals surface area (Å²) in [5.41, 5.74) is 0. The predicted molar refractivity (Wildman–Crippen MR) is 124 cm³/mol. The number of rotatable bonds is 8. The molecule has 0 heterocycles. The normalized spacial score (nSPS) is 11.7. The van der Waals surface area contributed by atoms with E-state index in [2.05, 4.69) is 92.5 Å². The number of carbonyl (C=O) groups excluding carboxylic acids is 1. The van der Waals surface area contributed by atoms with Gasteiger partial charge in [-0.25, -0.2) is 4.79 Å². The summed E-state index contributed by atoms with van der Waals surface area (Å²) in [6, 6.07) is 31.3. The Balaban J connectivity index is 2.17. The average molecular weight is 419 g/mol. The lowest BCUT2D eigenvalue weighted by Gasteiger charge is -2.39. The zero-order valence-electron chi connectivity index (χ0n) is 16.9. The molecular weight excluding hydrogens is 392 g/mol. The van der Waals surface area contributed by atoms with Crippen LogP contribution >= 0.6 is 0 Å². The van der Waals surface area contributed by atoms with Crippen molar-refractivity contribution in [1.29, 1.82) is 0 Å². The van der Waals surface area contributed by atoms with E-state index in [-0.39, 0.29) is 6.23 Å². The van der Waals surface area contributed by atoms with Gasteiger partial charge in [0.25, 0.3) is 8.32 Å². The minimum atomic E-state index is -2.80. The molecule has 3 aromatic carbocycles. The Bertz CT molecular complexity index is 845. The van der Waals surface area contributed by atoms with Gasteiger partial charge in [0.1, 0.15) is 6.23 Å². The van der Waals surface area contributed by atoms with Crippen LogP contribution in [0.4, 0.5) is 0 Å². The molecule has 0 spiro atoms. The van der Waals surface area contributed by atoms with Gasteiger partial charge in [0.05, 0.1) is 0 Å². The second-order valence-corrected chi connectivity index (χ2v) is 15.2. The summed E-state index contributed by atoms with van der Waals surface area (Å²) in [6.07, 6.45) is 1.47.